The minimum atomic E-state index is -0.894. The number of hydrogen-bond donors (Lipinski definition) is 2. The Morgan fingerprint density at radius 3 is 2.48 bits per heavy atom. The fraction of sp³-hybridized carbons (Fsp3) is 0.720. The number of hydrogen-bond acceptors (Lipinski definition) is 4. The van der Waals surface area contributed by atoms with Crippen molar-refractivity contribution in [2.75, 3.05) is 13.7 Å². The molecule has 0 aliphatic heterocycles. The van der Waals surface area contributed by atoms with E-state index in [4.69, 9.17) is 15.2 Å². The Labute approximate surface area is 187 Å². The Morgan fingerprint density at radius 1 is 1.19 bits per heavy atom. The van der Waals surface area contributed by atoms with Crippen LogP contribution in [0, 0.1) is 17.8 Å². The van der Waals surface area contributed by atoms with E-state index in [9.17, 15) is 9.90 Å². The zero-order chi connectivity index (χ0) is 22.5. The summed E-state index contributed by atoms with van der Waals surface area (Å²) in [6.45, 7) is 6.86. The third kappa shape index (κ3) is 5.46. The first-order valence-electron chi connectivity index (χ1n) is 11.9. The molecule has 3 N–H and O–H groups in total. The van der Waals surface area contributed by atoms with E-state index in [1.807, 2.05) is 18.2 Å². The molecule has 2 saturated carbocycles. The van der Waals surface area contributed by atoms with Crippen LogP contribution in [0.5, 0.6) is 11.5 Å². The molecule has 0 spiro atoms. The van der Waals surface area contributed by atoms with Gasteiger partial charge >= 0.3 is 6.09 Å². The van der Waals surface area contributed by atoms with Crippen LogP contribution >= 0.6 is 0 Å². The molecule has 1 aromatic rings. The van der Waals surface area contributed by atoms with E-state index in [0.29, 0.717) is 29.3 Å². The minimum Gasteiger partial charge on any atom is -0.493 e. The number of methoxy groups -OCH3 is 1. The molecule has 2 fully saturated rings. The molecule has 4 atom stereocenters. The van der Waals surface area contributed by atoms with Crippen LogP contribution in [-0.2, 0) is 0 Å². The molecule has 3 rings (SSSR count). The summed E-state index contributed by atoms with van der Waals surface area (Å²) in [5.41, 5.74) is 7.09. The molecular formula is C25H40N2O4. The largest absolute Gasteiger partial charge is 0.493 e. The van der Waals surface area contributed by atoms with Gasteiger partial charge in [-0.2, -0.15) is 0 Å². The van der Waals surface area contributed by atoms with Gasteiger partial charge < -0.3 is 20.3 Å². The van der Waals surface area contributed by atoms with Gasteiger partial charge in [0.2, 0.25) is 0 Å². The molecule has 0 radical (unpaired) electrons. The first-order valence-corrected chi connectivity index (χ1v) is 11.9. The van der Waals surface area contributed by atoms with Crippen LogP contribution < -0.4 is 15.2 Å². The number of amides is 1. The van der Waals surface area contributed by atoms with Gasteiger partial charge in [0.15, 0.2) is 11.5 Å². The third-order valence-electron chi connectivity index (χ3n) is 7.29. The average molecular weight is 433 g/mol. The van der Waals surface area contributed by atoms with Crippen molar-refractivity contribution >= 4 is 6.09 Å². The van der Waals surface area contributed by atoms with Gasteiger partial charge in [0.05, 0.1) is 19.3 Å². The summed E-state index contributed by atoms with van der Waals surface area (Å²) in [7, 11) is 1.64. The topological polar surface area (TPSA) is 85.0 Å². The highest BCUT2D eigenvalue weighted by molar-refractivity contribution is 5.66. The average Bonchev–Trinajstić information content (AvgIpc) is 3.24. The minimum absolute atomic E-state index is 0.0314. The van der Waals surface area contributed by atoms with Crippen LogP contribution in [0.3, 0.4) is 0 Å². The summed E-state index contributed by atoms with van der Waals surface area (Å²) in [4.78, 5) is 14.2. The van der Waals surface area contributed by atoms with E-state index in [2.05, 4.69) is 20.8 Å². The van der Waals surface area contributed by atoms with Crippen molar-refractivity contribution in [1.29, 1.82) is 0 Å². The predicted molar refractivity (Wildman–Crippen MR) is 123 cm³/mol. The van der Waals surface area contributed by atoms with E-state index in [0.717, 1.165) is 37.7 Å². The smallest absolute Gasteiger partial charge is 0.408 e. The number of ether oxygens (including phenoxy) is 2. The summed E-state index contributed by atoms with van der Waals surface area (Å²) in [6.07, 6.45) is 6.85. The first kappa shape index (κ1) is 23.7. The van der Waals surface area contributed by atoms with Gasteiger partial charge in [-0.25, -0.2) is 4.79 Å². The van der Waals surface area contributed by atoms with Gasteiger partial charge in [0.1, 0.15) is 0 Å². The van der Waals surface area contributed by atoms with Crippen LogP contribution in [0.4, 0.5) is 4.79 Å². The highest BCUT2D eigenvalue weighted by atomic mass is 16.5. The molecule has 1 aromatic carbocycles. The number of nitrogens with zero attached hydrogens (tertiary/aromatic N) is 1. The van der Waals surface area contributed by atoms with E-state index in [1.165, 1.54) is 12.8 Å². The standard InChI is InChI=1S/C25H40N2O4/c1-16(2)20-11-9-17(3)13-21(20)27(25(28)29)22(15-26)18-10-12-23(30-4)24(14-18)31-19-7-5-6-8-19/h10,12,14,16-17,19-22H,5-9,11,13,15,26H2,1-4H3,(H,28,29)/t17?,20?,21?,22-/m1/s1. The van der Waals surface area contributed by atoms with Gasteiger partial charge in [-0.1, -0.05) is 33.3 Å². The zero-order valence-electron chi connectivity index (χ0n) is 19.5. The summed E-state index contributed by atoms with van der Waals surface area (Å²) in [5, 5.41) is 10.3. The van der Waals surface area contributed by atoms with Crippen molar-refractivity contribution in [3.05, 3.63) is 23.8 Å². The van der Waals surface area contributed by atoms with Crippen LogP contribution in [0.15, 0.2) is 18.2 Å². The fourth-order valence-electron chi connectivity index (χ4n) is 5.57. The lowest BCUT2D eigenvalue weighted by atomic mass is 9.73. The maximum atomic E-state index is 12.5. The summed E-state index contributed by atoms with van der Waals surface area (Å²) in [5.74, 6) is 2.65. The second-order valence-electron chi connectivity index (χ2n) is 9.77. The maximum Gasteiger partial charge on any atom is 0.408 e. The fourth-order valence-corrected chi connectivity index (χ4v) is 5.57. The van der Waals surface area contributed by atoms with Gasteiger partial charge in [-0.05, 0) is 74.0 Å². The second kappa shape index (κ2) is 10.6. The molecule has 0 bridgehead atoms. The Kier molecular flexibility index (Phi) is 8.09. The highest BCUT2D eigenvalue weighted by Gasteiger charge is 2.40. The Bertz CT molecular complexity index is 732. The van der Waals surface area contributed by atoms with Gasteiger partial charge in [-0.15, -0.1) is 0 Å². The van der Waals surface area contributed by atoms with E-state index < -0.39 is 12.1 Å². The zero-order valence-corrected chi connectivity index (χ0v) is 19.5. The van der Waals surface area contributed by atoms with Gasteiger partial charge in [-0.3, -0.25) is 4.90 Å². The van der Waals surface area contributed by atoms with Crippen LogP contribution in [-0.4, -0.2) is 41.9 Å². The van der Waals surface area contributed by atoms with Crippen molar-refractivity contribution in [2.24, 2.45) is 23.5 Å². The van der Waals surface area contributed by atoms with Crippen LogP contribution in [0.1, 0.15) is 77.3 Å². The molecule has 6 nitrogen and oxygen atoms in total. The molecule has 6 heteroatoms. The molecule has 0 saturated heterocycles. The van der Waals surface area contributed by atoms with Crippen molar-refractivity contribution in [1.82, 2.24) is 4.90 Å². The maximum absolute atomic E-state index is 12.5. The SMILES string of the molecule is COc1ccc([C@@H](CN)N(C(=O)O)C2CC(C)CCC2C(C)C)cc1OC1CCCC1. The third-order valence-corrected chi connectivity index (χ3v) is 7.29. The molecular weight excluding hydrogens is 392 g/mol. The Balaban J connectivity index is 1.94. The van der Waals surface area contributed by atoms with Crippen LogP contribution in [0.25, 0.3) is 0 Å². The molecule has 3 unspecified atom stereocenters. The van der Waals surface area contributed by atoms with E-state index >= 15 is 0 Å². The van der Waals surface area contributed by atoms with Crippen molar-refractivity contribution in [3.8, 4) is 11.5 Å². The Morgan fingerprint density at radius 2 is 1.90 bits per heavy atom. The summed E-state index contributed by atoms with van der Waals surface area (Å²) < 4.78 is 11.8. The summed E-state index contributed by atoms with van der Waals surface area (Å²) >= 11 is 0. The summed E-state index contributed by atoms with van der Waals surface area (Å²) in [6, 6.07) is 5.32. The second-order valence-corrected chi connectivity index (χ2v) is 9.77. The quantitative estimate of drug-likeness (QED) is 0.570. The van der Waals surface area contributed by atoms with E-state index in [-0.39, 0.29) is 18.7 Å². The van der Waals surface area contributed by atoms with Crippen molar-refractivity contribution in [2.45, 2.75) is 83.9 Å². The Hall–Kier alpha value is -1.95. The number of carbonyl (C=O) groups is 1. The van der Waals surface area contributed by atoms with Crippen molar-refractivity contribution in [3.63, 3.8) is 0 Å². The molecule has 2 aliphatic carbocycles. The van der Waals surface area contributed by atoms with Gasteiger partial charge in [0, 0.05) is 12.6 Å². The van der Waals surface area contributed by atoms with Crippen LogP contribution in [0.2, 0.25) is 0 Å². The molecule has 174 valence electrons. The molecule has 2 aliphatic rings. The molecule has 0 aromatic heterocycles. The molecule has 0 heterocycles. The van der Waals surface area contributed by atoms with E-state index in [1.54, 1.807) is 12.0 Å². The lowest BCUT2D eigenvalue weighted by Gasteiger charge is -2.45. The monoisotopic (exact) mass is 432 g/mol. The number of nitrogens with two attached hydrogens (primary N) is 1. The molecule has 31 heavy (non-hydrogen) atoms. The van der Waals surface area contributed by atoms with Gasteiger partial charge in [0.25, 0.3) is 0 Å². The normalized spacial score (nSPS) is 25.4. The number of benzene rings is 1. The predicted octanol–water partition coefficient (Wildman–Crippen LogP) is 5.46. The lowest BCUT2D eigenvalue weighted by Crippen LogP contribution is -2.51. The number of carboxylic acid groups (broad SMARTS) is 1. The highest BCUT2D eigenvalue weighted by Crippen LogP contribution is 2.41. The molecule has 1 amide bonds. The lowest BCUT2D eigenvalue weighted by molar-refractivity contribution is 0.0337. The van der Waals surface area contributed by atoms with Crippen molar-refractivity contribution < 1.29 is 19.4 Å². The number of rotatable bonds is 8. The first-order chi connectivity index (χ1) is 14.8.